The lowest BCUT2D eigenvalue weighted by Gasteiger charge is -2.35. The average Bonchev–Trinajstić information content (AvgIpc) is 3.08. The van der Waals surface area contributed by atoms with Crippen molar-refractivity contribution in [1.29, 1.82) is 0 Å². The SMILES string of the molecule is Cc1noc(C)c1S(=O)(=O)N1CCN(c2ccnc(N3CCOCC3)n2)CC1. The van der Waals surface area contributed by atoms with Gasteiger partial charge in [0.15, 0.2) is 5.76 Å². The number of aromatic nitrogens is 3. The van der Waals surface area contributed by atoms with Crippen molar-refractivity contribution in [3.63, 3.8) is 0 Å². The third-order valence-electron chi connectivity index (χ3n) is 5.05. The Hall–Kier alpha value is -2.24. The minimum absolute atomic E-state index is 0.178. The van der Waals surface area contributed by atoms with Crippen molar-refractivity contribution in [3.05, 3.63) is 23.7 Å². The zero-order valence-corrected chi connectivity index (χ0v) is 16.9. The third-order valence-corrected chi connectivity index (χ3v) is 7.19. The highest BCUT2D eigenvalue weighted by molar-refractivity contribution is 7.89. The van der Waals surface area contributed by atoms with Crippen LogP contribution >= 0.6 is 0 Å². The molecule has 11 heteroatoms. The summed E-state index contributed by atoms with van der Waals surface area (Å²) in [5.41, 5.74) is 0.394. The molecule has 152 valence electrons. The number of piperazine rings is 1. The van der Waals surface area contributed by atoms with E-state index in [9.17, 15) is 8.42 Å². The fourth-order valence-corrected chi connectivity index (χ4v) is 5.27. The van der Waals surface area contributed by atoms with E-state index in [0.717, 1.165) is 18.9 Å². The van der Waals surface area contributed by atoms with Crippen LogP contribution in [0.5, 0.6) is 0 Å². The summed E-state index contributed by atoms with van der Waals surface area (Å²) in [5, 5.41) is 3.77. The number of sulfonamides is 1. The van der Waals surface area contributed by atoms with Crippen molar-refractivity contribution in [2.75, 3.05) is 62.3 Å². The van der Waals surface area contributed by atoms with Crippen molar-refractivity contribution < 1.29 is 17.7 Å². The molecule has 0 aromatic carbocycles. The second-order valence-corrected chi connectivity index (χ2v) is 8.73. The van der Waals surface area contributed by atoms with Gasteiger partial charge in [-0.05, 0) is 19.9 Å². The first-order chi connectivity index (χ1) is 13.5. The Morgan fingerprint density at radius 3 is 2.36 bits per heavy atom. The summed E-state index contributed by atoms with van der Waals surface area (Å²) in [5.74, 6) is 1.82. The van der Waals surface area contributed by atoms with E-state index in [1.807, 2.05) is 6.07 Å². The zero-order valence-electron chi connectivity index (χ0n) is 16.0. The first-order valence-corrected chi connectivity index (χ1v) is 10.7. The van der Waals surface area contributed by atoms with E-state index in [1.165, 1.54) is 4.31 Å². The van der Waals surface area contributed by atoms with Gasteiger partial charge in [0.25, 0.3) is 0 Å². The maximum absolute atomic E-state index is 13.0. The van der Waals surface area contributed by atoms with Gasteiger partial charge < -0.3 is 19.1 Å². The number of hydrogen-bond acceptors (Lipinski definition) is 9. The summed E-state index contributed by atoms with van der Waals surface area (Å²) in [4.78, 5) is 13.4. The Kier molecular flexibility index (Phi) is 5.21. The van der Waals surface area contributed by atoms with Crippen LogP contribution in [0.3, 0.4) is 0 Å². The topological polar surface area (TPSA) is 105 Å². The van der Waals surface area contributed by atoms with Gasteiger partial charge >= 0.3 is 0 Å². The maximum atomic E-state index is 13.0. The number of anilines is 2. The van der Waals surface area contributed by atoms with Gasteiger partial charge in [0, 0.05) is 45.5 Å². The number of nitrogens with zero attached hydrogens (tertiary/aromatic N) is 6. The first-order valence-electron chi connectivity index (χ1n) is 9.30. The van der Waals surface area contributed by atoms with Crippen LogP contribution < -0.4 is 9.80 Å². The van der Waals surface area contributed by atoms with E-state index in [0.29, 0.717) is 56.8 Å². The molecule has 4 heterocycles. The van der Waals surface area contributed by atoms with Crippen LogP contribution in [0.1, 0.15) is 11.5 Å². The van der Waals surface area contributed by atoms with Gasteiger partial charge in [-0.25, -0.2) is 13.4 Å². The summed E-state index contributed by atoms with van der Waals surface area (Å²) in [6.07, 6.45) is 1.75. The van der Waals surface area contributed by atoms with Crippen molar-refractivity contribution in [1.82, 2.24) is 19.4 Å². The smallest absolute Gasteiger partial charge is 0.248 e. The van der Waals surface area contributed by atoms with Crippen molar-refractivity contribution in [2.45, 2.75) is 18.7 Å². The van der Waals surface area contributed by atoms with E-state index >= 15 is 0 Å². The monoisotopic (exact) mass is 408 g/mol. The van der Waals surface area contributed by atoms with Gasteiger partial charge in [-0.1, -0.05) is 5.16 Å². The zero-order chi connectivity index (χ0) is 19.7. The number of hydrogen-bond donors (Lipinski definition) is 0. The molecule has 0 spiro atoms. The lowest BCUT2D eigenvalue weighted by atomic mass is 10.3. The minimum Gasteiger partial charge on any atom is -0.378 e. The molecule has 0 radical (unpaired) electrons. The molecule has 0 N–H and O–H groups in total. The highest BCUT2D eigenvalue weighted by Crippen LogP contribution is 2.25. The number of rotatable bonds is 4. The summed E-state index contributed by atoms with van der Waals surface area (Å²) in [6, 6.07) is 1.86. The van der Waals surface area contributed by atoms with Crippen LogP contribution in [0, 0.1) is 13.8 Å². The highest BCUT2D eigenvalue weighted by atomic mass is 32.2. The van der Waals surface area contributed by atoms with E-state index in [4.69, 9.17) is 9.26 Å². The van der Waals surface area contributed by atoms with E-state index < -0.39 is 10.0 Å². The lowest BCUT2D eigenvalue weighted by Crippen LogP contribution is -2.49. The molecule has 4 rings (SSSR count). The highest BCUT2D eigenvalue weighted by Gasteiger charge is 2.33. The lowest BCUT2D eigenvalue weighted by molar-refractivity contribution is 0.122. The number of morpholine rings is 1. The largest absolute Gasteiger partial charge is 0.378 e. The Morgan fingerprint density at radius 1 is 1.00 bits per heavy atom. The van der Waals surface area contributed by atoms with Crippen LogP contribution in [0.4, 0.5) is 11.8 Å². The molecule has 0 amide bonds. The number of ether oxygens (including phenoxy) is 1. The Morgan fingerprint density at radius 2 is 1.71 bits per heavy atom. The van der Waals surface area contributed by atoms with Gasteiger partial charge in [0.2, 0.25) is 16.0 Å². The van der Waals surface area contributed by atoms with Gasteiger partial charge in [-0.3, -0.25) is 0 Å². The summed E-state index contributed by atoms with van der Waals surface area (Å²) in [6.45, 7) is 8.03. The fourth-order valence-electron chi connectivity index (χ4n) is 3.56. The Bertz CT molecular complexity index is 913. The van der Waals surface area contributed by atoms with Crippen LogP contribution in [0.2, 0.25) is 0 Å². The standard InChI is InChI=1S/C17H24N6O4S/c1-13-16(14(2)27-20-13)28(24,25)23-7-5-21(6-8-23)15-3-4-18-17(19-15)22-9-11-26-12-10-22/h3-4H,5-12H2,1-2H3. The molecule has 0 bridgehead atoms. The van der Waals surface area contributed by atoms with E-state index in [-0.39, 0.29) is 4.90 Å². The molecule has 0 unspecified atom stereocenters. The molecule has 2 aliphatic heterocycles. The van der Waals surface area contributed by atoms with Gasteiger partial charge in [0.1, 0.15) is 16.4 Å². The molecule has 0 atom stereocenters. The maximum Gasteiger partial charge on any atom is 0.248 e. The first kappa shape index (κ1) is 19.1. The third kappa shape index (κ3) is 3.56. The van der Waals surface area contributed by atoms with Gasteiger partial charge in [0.05, 0.1) is 13.2 Å². The van der Waals surface area contributed by atoms with Gasteiger partial charge in [-0.15, -0.1) is 0 Å². The molecule has 2 aromatic heterocycles. The minimum atomic E-state index is -3.62. The summed E-state index contributed by atoms with van der Waals surface area (Å²) >= 11 is 0. The van der Waals surface area contributed by atoms with Crippen LogP contribution in [-0.4, -0.2) is 80.3 Å². The molecule has 28 heavy (non-hydrogen) atoms. The molecule has 10 nitrogen and oxygen atoms in total. The normalized spacial score (nSPS) is 19.2. The molecule has 2 saturated heterocycles. The van der Waals surface area contributed by atoms with Crippen LogP contribution in [-0.2, 0) is 14.8 Å². The fraction of sp³-hybridized carbons (Fsp3) is 0.588. The molecular weight excluding hydrogens is 384 g/mol. The number of aryl methyl sites for hydroxylation is 2. The van der Waals surface area contributed by atoms with Crippen molar-refractivity contribution >= 4 is 21.8 Å². The molecule has 2 fully saturated rings. The molecule has 2 aliphatic rings. The average molecular weight is 408 g/mol. The second-order valence-electron chi connectivity index (χ2n) is 6.86. The van der Waals surface area contributed by atoms with Gasteiger partial charge in [-0.2, -0.15) is 9.29 Å². The molecule has 0 aliphatic carbocycles. The Labute approximate surface area is 164 Å². The van der Waals surface area contributed by atoms with E-state index in [2.05, 4.69) is 24.9 Å². The Balaban J connectivity index is 1.46. The van der Waals surface area contributed by atoms with E-state index in [1.54, 1.807) is 20.0 Å². The summed E-state index contributed by atoms with van der Waals surface area (Å²) in [7, 11) is -3.62. The van der Waals surface area contributed by atoms with Crippen LogP contribution in [0.25, 0.3) is 0 Å². The summed E-state index contributed by atoms with van der Waals surface area (Å²) < 4.78 is 37.8. The van der Waals surface area contributed by atoms with Crippen LogP contribution in [0.15, 0.2) is 21.7 Å². The molecular formula is C17H24N6O4S. The van der Waals surface area contributed by atoms with Crippen molar-refractivity contribution in [2.24, 2.45) is 0 Å². The van der Waals surface area contributed by atoms with Crippen molar-refractivity contribution in [3.8, 4) is 0 Å². The predicted molar refractivity (Wildman–Crippen MR) is 102 cm³/mol. The molecule has 0 saturated carbocycles. The second kappa shape index (κ2) is 7.64. The quantitative estimate of drug-likeness (QED) is 0.712. The predicted octanol–water partition coefficient (Wildman–Crippen LogP) is 0.429. The molecule has 2 aromatic rings.